The van der Waals surface area contributed by atoms with E-state index in [0.29, 0.717) is 17.7 Å². The molecule has 1 saturated carbocycles. The first kappa shape index (κ1) is 16.3. The highest BCUT2D eigenvalue weighted by atomic mass is 19.1. The van der Waals surface area contributed by atoms with Crippen LogP contribution in [-0.4, -0.2) is 18.7 Å². The van der Waals surface area contributed by atoms with Gasteiger partial charge in [0.05, 0.1) is 0 Å². The third kappa shape index (κ3) is 4.19. The number of benzene rings is 1. The highest BCUT2D eigenvalue weighted by Gasteiger charge is 2.37. The molecule has 0 saturated heterocycles. The van der Waals surface area contributed by atoms with E-state index in [2.05, 4.69) is 33.0 Å². The standard InChI is InChI=1S/C18H28FNO/c1-5-20-15-11-10-13(18(2,3)4)12-17(15)21-16-9-7-6-8-14(16)19/h6-9,13,15,17,20H,5,10-12H2,1-4H3. The zero-order chi connectivity index (χ0) is 15.5. The minimum absolute atomic E-state index is 0.0415. The molecule has 1 aliphatic rings. The zero-order valence-corrected chi connectivity index (χ0v) is 13.7. The Labute approximate surface area is 128 Å². The van der Waals surface area contributed by atoms with Crippen LogP contribution >= 0.6 is 0 Å². The Morgan fingerprint density at radius 2 is 1.95 bits per heavy atom. The molecule has 0 spiro atoms. The van der Waals surface area contributed by atoms with E-state index >= 15 is 0 Å². The molecule has 1 aromatic rings. The quantitative estimate of drug-likeness (QED) is 0.888. The summed E-state index contributed by atoms with van der Waals surface area (Å²) in [6, 6.07) is 7.02. The molecule has 0 heterocycles. The number of ether oxygens (including phenoxy) is 1. The number of hydrogen-bond donors (Lipinski definition) is 1. The van der Waals surface area contributed by atoms with Crippen LogP contribution in [0, 0.1) is 17.2 Å². The summed E-state index contributed by atoms with van der Waals surface area (Å²) >= 11 is 0. The Morgan fingerprint density at radius 1 is 1.24 bits per heavy atom. The molecule has 0 aliphatic heterocycles. The van der Waals surface area contributed by atoms with E-state index in [4.69, 9.17) is 4.74 Å². The maximum absolute atomic E-state index is 13.8. The summed E-state index contributed by atoms with van der Waals surface area (Å²) in [5.41, 5.74) is 0.272. The minimum Gasteiger partial charge on any atom is -0.486 e. The fraction of sp³-hybridized carbons (Fsp3) is 0.667. The van der Waals surface area contributed by atoms with Crippen LogP contribution in [0.25, 0.3) is 0 Å². The van der Waals surface area contributed by atoms with Crippen LogP contribution in [0.4, 0.5) is 4.39 Å². The van der Waals surface area contributed by atoms with E-state index in [1.54, 1.807) is 12.1 Å². The molecule has 0 bridgehead atoms. The molecule has 3 atom stereocenters. The second-order valence-electron chi connectivity index (χ2n) is 7.13. The fourth-order valence-electron chi connectivity index (χ4n) is 3.25. The lowest BCUT2D eigenvalue weighted by Crippen LogP contribution is -2.49. The van der Waals surface area contributed by atoms with E-state index in [-0.39, 0.29) is 17.3 Å². The van der Waals surface area contributed by atoms with Crippen molar-refractivity contribution in [3.05, 3.63) is 30.1 Å². The van der Waals surface area contributed by atoms with Crippen molar-refractivity contribution in [3.63, 3.8) is 0 Å². The van der Waals surface area contributed by atoms with Crippen LogP contribution in [-0.2, 0) is 0 Å². The normalized spacial score (nSPS) is 26.6. The van der Waals surface area contributed by atoms with Crippen LogP contribution in [0.3, 0.4) is 0 Å². The molecule has 21 heavy (non-hydrogen) atoms. The van der Waals surface area contributed by atoms with Gasteiger partial charge in [-0.3, -0.25) is 0 Å². The summed E-state index contributed by atoms with van der Waals surface area (Å²) < 4.78 is 19.9. The van der Waals surface area contributed by atoms with Crippen LogP contribution in [0.1, 0.15) is 47.0 Å². The molecule has 1 N–H and O–H groups in total. The molecule has 0 radical (unpaired) electrons. The maximum atomic E-state index is 13.8. The number of nitrogens with one attached hydrogen (secondary N) is 1. The van der Waals surface area contributed by atoms with Crippen molar-refractivity contribution in [3.8, 4) is 5.75 Å². The van der Waals surface area contributed by atoms with Crippen LogP contribution in [0.15, 0.2) is 24.3 Å². The van der Waals surface area contributed by atoms with Crippen molar-refractivity contribution in [1.82, 2.24) is 5.32 Å². The van der Waals surface area contributed by atoms with Crippen LogP contribution in [0.5, 0.6) is 5.75 Å². The summed E-state index contributed by atoms with van der Waals surface area (Å²) in [6.45, 7) is 9.88. The highest BCUT2D eigenvalue weighted by molar-refractivity contribution is 5.24. The highest BCUT2D eigenvalue weighted by Crippen LogP contribution is 2.39. The Bertz CT molecular complexity index is 455. The lowest BCUT2D eigenvalue weighted by Gasteiger charge is -2.42. The molecule has 1 fully saturated rings. The summed E-state index contributed by atoms with van der Waals surface area (Å²) in [5.74, 6) is 0.717. The number of para-hydroxylation sites is 1. The third-order valence-corrected chi connectivity index (χ3v) is 4.60. The first-order valence-corrected chi connectivity index (χ1v) is 8.06. The number of rotatable bonds is 4. The predicted molar refractivity (Wildman–Crippen MR) is 85.1 cm³/mol. The average Bonchev–Trinajstić information content (AvgIpc) is 2.42. The maximum Gasteiger partial charge on any atom is 0.165 e. The van der Waals surface area contributed by atoms with Gasteiger partial charge < -0.3 is 10.1 Å². The van der Waals surface area contributed by atoms with Gasteiger partial charge in [0, 0.05) is 6.04 Å². The lowest BCUT2D eigenvalue weighted by molar-refractivity contribution is 0.0453. The van der Waals surface area contributed by atoms with Crippen molar-refractivity contribution >= 4 is 0 Å². The fourth-order valence-corrected chi connectivity index (χ4v) is 3.25. The van der Waals surface area contributed by atoms with E-state index < -0.39 is 0 Å². The van der Waals surface area contributed by atoms with Gasteiger partial charge in [-0.15, -0.1) is 0 Å². The molecular formula is C18H28FNO. The summed E-state index contributed by atoms with van der Waals surface area (Å²) in [6.07, 6.45) is 3.32. The van der Waals surface area contributed by atoms with Crippen LogP contribution < -0.4 is 10.1 Å². The van der Waals surface area contributed by atoms with Gasteiger partial charge >= 0.3 is 0 Å². The molecule has 2 rings (SSSR count). The molecule has 2 nitrogen and oxygen atoms in total. The number of hydrogen-bond acceptors (Lipinski definition) is 2. The van der Waals surface area contributed by atoms with E-state index in [0.717, 1.165) is 19.4 Å². The predicted octanol–water partition coefficient (Wildman–Crippen LogP) is 4.40. The van der Waals surface area contributed by atoms with Crippen LogP contribution in [0.2, 0.25) is 0 Å². The molecule has 3 unspecified atom stereocenters. The monoisotopic (exact) mass is 293 g/mol. The van der Waals surface area contributed by atoms with Gasteiger partial charge in [-0.25, -0.2) is 4.39 Å². The molecule has 118 valence electrons. The van der Waals surface area contributed by atoms with E-state index in [9.17, 15) is 4.39 Å². The van der Waals surface area contributed by atoms with Gasteiger partial charge in [0.1, 0.15) is 6.10 Å². The van der Waals surface area contributed by atoms with Gasteiger partial charge in [-0.1, -0.05) is 39.8 Å². The van der Waals surface area contributed by atoms with Gasteiger partial charge in [-0.05, 0) is 49.3 Å². The Morgan fingerprint density at radius 3 is 2.57 bits per heavy atom. The summed E-state index contributed by atoms with van der Waals surface area (Å²) in [4.78, 5) is 0. The third-order valence-electron chi connectivity index (χ3n) is 4.60. The smallest absolute Gasteiger partial charge is 0.165 e. The second kappa shape index (κ2) is 6.78. The number of halogens is 1. The number of likely N-dealkylation sites (N-methyl/N-ethyl adjacent to an activating group) is 1. The van der Waals surface area contributed by atoms with Gasteiger partial charge in [0.2, 0.25) is 0 Å². The first-order valence-electron chi connectivity index (χ1n) is 8.06. The van der Waals surface area contributed by atoms with Crippen molar-refractivity contribution < 1.29 is 9.13 Å². The van der Waals surface area contributed by atoms with E-state index in [1.807, 2.05) is 6.07 Å². The average molecular weight is 293 g/mol. The molecule has 0 aromatic heterocycles. The topological polar surface area (TPSA) is 21.3 Å². The second-order valence-corrected chi connectivity index (χ2v) is 7.13. The van der Waals surface area contributed by atoms with Crippen molar-refractivity contribution in [2.24, 2.45) is 11.3 Å². The molecular weight excluding hydrogens is 265 g/mol. The Hall–Kier alpha value is -1.09. The molecule has 0 amide bonds. The van der Waals surface area contributed by atoms with Crippen molar-refractivity contribution in [2.75, 3.05) is 6.54 Å². The molecule has 1 aromatic carbocycles. The van der Waals surface area contributed by atoms with Gasteiger partial charge in [0.25, 0.3) is 0 Å². The molecule has 3 heteroatoms. The Kier molecular flexibility index (Phi) is 5.26. The largest absolute Gasteiger partial charge is 0.486 e. The Balaban J connectivity index is 2.12. The van der Waals surface area contributed by atoms with Gasteiger partial charge in [0.15, 0.2) is 11.6 Å². The van der Waals surface area contributed by atoms with E-state index in [1.165, 1.54) is 12.5 Å². The van der Waals surface area contributed by atoms with Crippen molar-refractivity contribution in [2.45, 2.75) is 59.1 Å². The zero-order valence-electron chi connectivity index (χ0n) is 13.7. The first-order chi connectivity index (χ1) is 9.91. The SMILES string of the molecule is CCNC1CCC(C(C)(C)C)CC1Oc1ccccc1F. The van der Waals surface area contributed by atoms with Gasteiger partial charge in [-0.2, -0.15) is 0 Å². The summed E-state index contributed by atoms with van der Waals surface area (Å²) in [7, 11) is 0. The minimum atomic E-state index is -0.273. The molecule has 1 aliphatic carbocycles. The summed E-state index contributed by atoms with van der Waals surface area (Å²) in [5, 5.41) is 3.50. The van der Waals surface area contributed by atoms with Crippen molar-refractivity contribution in [1.29, 1.82) is 0 Å². The lowest BCUT2D eigenvalue weighted by atomic mass is 9.70.